The number of carbonyl (C=O) groups is 2. The fraction of sp³-hybridized carbons (Fsp3) is 0.176. The van der Waals surface area contributed by atoms with Crippen molar-refractivity contribution in [3.8, 4) is 0 Å². The van der Waals surface area contributed by atoms with Crippen LogP contribution in [0.2, 0.25) is 0 Å². The summed E-state index contributed by atoms with van der Waals surface area (Å²) in [5.74, 6) is -0.628. The van der Waals surface area contributed by atoms with Crippen LogP contribution in [0.15, 0.2) is 48.5 Å². The van der Waals surface area contributed by atoms with Crippen LogP contribution in [-0.2, 0) is 9.47 Å². The van der Waals surface area contributed by atoms with E-state index in [4.69, 9.17) is 9.47 Å². The number of ether oxygens (including phenoxy) is 2. The number of anilines is 1. The van der Waals surface area contributed by atoms with Gasteiger partial charge in [-0.1, -0.05) is 30.3 Å². The molecule has 2 aromatic rings. The highest BCUT2D eigenvalue weighted by atomic mass is 16.7. The highest BCUT2D eigenvalue weighted by Crippen LogP contribution is 2.36. The minimum atomic E-state index is -0.541. The second-order valence-electron chi connectivity index (χ2n) is 5.12. The van der Waals surface area contributed by atoms with Crippen molar-refractivity contribution in [3.63, 3.8) is 0 Å². The van der Waals surface area contributed by atoms with E-state index >= 15 is 0 Å². The van der Waals surface area contributed by atoms with E-state index in [0.29, 0.717) is 35.6 Å². The zero-order chi connectivity index (χ0) is 15.1. The summed E-state index contributed by atoms with van der Waals surface area (Å²) in [6.45, 7) is 1.00. The number of rotatable bonds is 2. The van der Waals surface area contributed by atoms with Crippen LogP contribution in [0.5, 0.6) is 0 Å². The molecule has 5 nitrogen and oxygen atoms in total. The minimum Gasteiger partial charge on any atom is -0.346 e. The molecule has 2 aliphatic rings. The number of hydrogen-bond acceptors (Lipinski definition) is 4. The summed E-state index contributed by atoms with van der Waals surface area (Å²) in [6, 6.07) is 14.0. The molecule has 1 fully saturated rings. The van der Waals surface area contributed by atoms with Gasteiger partial charge in [-0.2, -0.15) is 0 Å². The van der Waals surface area contributed by atoms with E-state index in [0.717, 1.165) is 0 Å². The number of benzene rings is 2. The normalized spacial score (nSPS) is 18.1. The average Bonchev–Trinajstić information content (AvgIpc) is 3.16. The van der Waals surface area contributed by atoms with Gasteiger partial charge < -0.3 is 9.47 Å². The van der Waals surface area contributed by atoms with Gasteiger partial charge in [0.05, 0.1) is 30.0 Å². The van der Waals surface area contributed by atoms with Crippen LogP contribution in [0.3, 0.4) is 0 Å². The van der Waals surface area contributed by atoms with Gasteiger partial charge >= 0.3 is 0 Å². The Bertz CT molecular complexity index is 730. The summed E-state index contributed by atoms with van der Waals surface area (Å²) < 4.78 is 11.0. The van der Waals surface area contributed by atoms with Gasteiger partial charge in [-0.25, -0.2) is 4.90 Å². The molecule has 2 aromatic carbocycles. The second kappa shape index (κ2) is 5.05. The predicted molar refractivity (Wildman–Crippen MR) is 78.7 cm³/mol. The Morgan fingerprint density at radius 2 is 1.36 bits per heavy atom. The lowest BCUT2D eigenvalue weighted by molar-refractivity contribution is -0.0436. The SMILES string of the molecule is O=C1c2ccccc2C(=O)N1c1ccccc1C1OCCO1. The summed E-state index contributed by atoms with van der Waals surface area (Å²) in [5.41, 5.74) is 2.06. The van der Waals surface area contributed by atoms with Gasteiger partial charge in [0, 0.05) is 5.56 Å². The van der Waals surface area contributed by atoms with Gasteiger partial charge in [0.1, 0.15) is 0 Å². The summed E-state index contributed by atoms with van der Waals surface area (Å²) in [5, 5.41) is 0. The first-order chi connectivity index (χ1) is 10.8. The van der Waals surface area contributed by atoms with E-state index in [1.807, 2.05) is 12.1 Å². The van der Waals surface area contributed by atoms with E-state index in [-0.39, 0.29) is 11.8 Å². The topological polar surface area (TPSA) is 55.8 Å². The molecular weight excluding hydrogens is 282 g/mol. The molecule has 0 atom stereocenters. The van der Waals surface area contributed by atoms with Crippen LogP contribution in [0, 0.1) is 0 Å². The number of nitrogens with zero attached hydrogens (tertiary/aromatic N) is 1. The maximum absolute atomic E-state index is 12.6. The highest BCUT2D eigenvalue weighted by Gasteiger charge is 2.38. The van der Waals surface area contributed by atoms with Crippen LogP contribution in [0.1, 0.15) is 32.6 Å². The molecule has 4 rings (SSSR count). The van der Waals surface area contributed by atoms with Crippen molar-refractivity contribution in [2.75, 3.05) is 18.1 Å². The molecule has 1 saturated heterocycles. The van der Waals surface area contributed by atoms with Crippen molar-refractivity contribution in [1.82, 2.24) is 0 Å². The van der Waals surface area contributed by atoms with Gasteiger partial charge in [-0.05, 0) is 18.2 Å². The summed E-state index contributed by atoms with van der Waals surface area (Å²) in [4.78, 5) is 26.4. The van der Waals surface area contributed by atoms with E-state index in [9.17, 15) is 9.59 Å². The highest BCUT2D eigenvalue weighted by molar-refractivity contribution is 6.34. The summed E-state index contributed by atoms with van der Waals surface area (Å²) in [7, 11) is 0. The first-order valence-corrected chi connectivity index (χ1v) is 7.07. The van der Waals surface area contributed by atoms with Gasteiger partial charge in [0.25, 0.3) is 11.8 Å². The van der Waals surface area contributed by atoms with Crippen molar-refractivity contribution in [1.29, 1.82) is 0 Å². The molecule has 2 heterocycles. The smallest absolute Gasteiger partial charge is 0.266 e. The zero-order valence-electron chi connectivity index (χ0n) is 11.7. The van der Waals surface area contributed by atoms with Crippen molar-refractivity contribution < 1.29 is 19.1 Å². The maximum atomic E-state index is 12.6. The van der Waals surface area contributed by atoms with E-state index in [1.165, 1.54) is 4.90 Å². The summed E-state index contributed by atoms with van der Waals surface area (Å²) >= 11 is 0. The number of amides is 2. The monoisotopic (exact) mass is 295 g/mol. The molecule has 0 unspecified atom stereocenters. The first-order valence-electron chi connectivity index (χ1n) is 7.07. The Hall–Kier alpha value is -2.50. The standard InChI is InChI=1S/C17H13NO4/c19-15-11-5-1-2-6-12(11)16(20)18(15)14-8-4-3-7-13(14)17-21-9-10-22-17/h1-8,17H,9-10H2. The third-order valence-corrected chi connectivity index (χ3v) is 3.85. The van der Waals surface area contributed by atoms with E-state index in [1.54, 1.807) is 36.4 Å². The largest absolute Gasteiger partial charge is 0.346 e. The van der Waals surface area contributed by atoms with Gasteiger partial charge in [0.15, 0.2) is 6.29 Å². The number of imide groups is 1. The molecule has 2 aliphatic heterocycles. The third kappa shape index (κ3) is 1.87. The predicted octanol–water partition coefficient (Wildman–Crippen LogP) is 2.53. The Balaban J connectivity index is 1.81. The van der Waals surface area contributed by atoms with Crippen molar-refractivity contribution in [3.05, 3.63) is 65.2 Å². The lowest BCUT2D eigenvalue weighted by Gasteiger charge is -2.20. The molecule has 110 valence electrons. The Morgan fingerprint density at radius 1 is 0.818 bits per heavy atom. The third-order valence-electron chi connectivity index (χ3n) is 3.85. The second-order valence-corrected chi connectivity index (χ2v) is 5.12. The quantitative estimate of drug-likeness (QED) is 0.799. The number of hydrogen-bond donors (Lipinski definition) is 0. The Labute approximate surface area is 127 Å². The molecule has 0 N–H and O–H groups in total. The molecule has 0 bridgehead atoms. The van der Waals surface area contributed by atoms with Crippen LogP contribution >= 0.6 is 0 Å². The Kier molecular flexibility index (Phi) is 3.03. The molecule has 5 heteroatoms. The van der Waals surface area contributed by atoms with Gasteiger partial charge in [-0.3, -0.25) is 9.59 Å². The molecule has 0 saturated carbocycles. The molecule has 0 spiro atoms. The number of fused-ring (bicyclic) bond motifs is 1. The van der Waals surface area contributed by atoms with Gasteiger partial charge in [-0.15, -0.1) is 0 Å². The molecule has 0 aliphatic carbocycles. The fourth-order valence-electron chi connectivity index (χ4n) is 2.84. The minimum absolute atomic E-state index is 0.314. The molecule has 0 radical (unpaired) electrons. The number of carbonyl (C=O) groups excluding carboxylic acids is 2. The van der Waals surface area contributed by atoms with Crippen molar-refractivity contribution in [2.45, 2.75) is 6.29 Å². The fourth-order valence-corrected chi connectivity index (χ4v) is 2.84. The molecule has 0 aromatic heterocycles. The lowest BCUT2D eigenvalue weighted by atomic mass is 10.1. The molecule has 2 amide bonds. The average molecular weight is 295 g/mol. The maximum Gasteiger partial charge on any atom is 0.266 e. The lowest BCUT2D eigenvalue weighted by Crippen LogP contribution is -2.30. The van der Waals surface area contributed by atoms with Crippen LogP contribution in [0.4, 0.5) is 5.69 Å². The van der Waals surface area contributed by atoms with Crippen LogP contribution < -0.4 is 4.90 Å². The van der Waals surface area contributed by atoms with Crippen LogP contribution in [-0.4, -0.2) is 25.0 Å². The van der Waals surface area contributed by atoms with Crippen molar-refractivity contribution >= 4 is 17.5 Å². The summed E-state index contributed by atoms with van der Waals surface area (Å²) in [6.07, 6.45) is -0.541. The van der Waals surface area contributed by atoms with Gasteiger partial charge in [0.2, 0.25) is 0 Å². The van der Waals surface area contributed by atoms with E-state index in [2.05, 4.69) is 0 Å². The Morgan fingerprint density at radius 3 is 2.00 bits per heavy atom. The number of para-hydroxylation sites is 1. The zero-order valence-corrected chi connectivity index (χ0v) is 11.7. The molecular formula is C17H13NO4. The van der Waals surface area contributed by atoms with Crippen LogP contribution in [0.25, 0.3) is 0 Å². The molecule has 22 heavy (non-hydrogen) atoms. The van der Waals surface area contributed by atoms with E-state index < -0.39 is 6.29 Å². The van der Waals surface area contributed by atoms with Crippen molar-refractivity contribution in [2.24, 2.45) is 0 Å². The first kappa shape index (κ1) is 13.2.